The fraction of sp³-hybridized carbons (Fsp3) is 0.455. The lowest BCUT2D eigenvalue weighted by molar-refractivity contribution is 0.0692. The summed E-state index contributed by atoms with van der Waals surface area (Å²) in [6.45, 7) is 8.02. The highest BCUT2D eigenvalue weighted by atomic mass is 32.2. The normalized spacial score (nSPS) is 11.5. The van der Waals surface area contributed by atoms with Crippen LogP contribution in [0.1, 0.15) is 36.8 Å². The van der Waals surface area contributed by atoms with Gasteiger partial charge in [0.25, 0.3) is 0 Å². The molecule has 1 rings (SSSR count). The summed E-state index contributed by atoms with van der Waals surface area (Å²) in [4.78, 5) is 15.7. The summed E-state index contributed by atoms with van der Waals surface area (Å²) in [5, 5.41) is 9.00. The Morgan fingerprint density at radius 1 is 1.47 bits per heavy atom. The summed E-state index contributed by atoms with van der Waals surface area (Å²) in [5.41, 5.74) is 1.12. The molecule has 1 aromatic rings. The Morgan fingerprint density at radius 3 is 2.53 bits per heavy atom. The molecule has 0 amide bonds. The van der Waals surface area contributed by atoms with E-state index in [1.165, 1.54) is 6.20 Å². The number of aromatic nitrogens is 1. The Balaban J connectivity index is 3.13. The predicted octanol–water partition coefficient (Wildman–Crippen LogP) is 2.98. The van der Waals surface area contributed by atoms with Gasteiger partial charge in [-0.05, 0) is 13.0 Å². The van der Waals surface area contributed by atoms with Gasteiger partial charge in [-0.25, -0.2) is 4.79 Å². The molecule has 1 heterocycles. The van der Waals surface area contributed by atoms with Crippen molar-refractivity contribution in [3.63, 3.8) is 0 Å². The minimum absolute atomic E-state index is 0.00199. The largest absolute Gasteiger partial charge is 0.478 e. The lowest BCUT2D eigenvalue weighted by Gasteiger charge is -2.18. The van der Waals surface area contributed by atoms with Crippen LogP contribution >= 0.6 is 11.8 Å². The molecule has 0 spiro atoms. The Bertz CT molecular complexity index is 383. The van der Waals surface area contributed by atoms with E-state index >= 15 is 0 Å². The zero-order valence-corrected chi connectivity index (χ0v) is 10.2. The van der Waals surface area contributed by atoms with E-state index in [-0.39, 0.29) is 10.3 Å². The molecule has 4 heteroatoms. The van der Waals surface area contributed by atoms with Crippen molar-refractivity contribution in [1.29, 1.82) is 0 Å². The first kappa shape index (κ1) is 12.0. The number of hydrogen-bond donors (Lipinski definition) is 1. The van der Waals surface area contributed by atoms with E-state index in [0.29, 0.717) is 0 Å². The third-order valence-corrected chi connectivity index (χ3v) is 2.82. The summed E-state index contributed by atoms with van der Waals surface area (Å²) in [7, 11) is 0. The molecule has 0 bridgehead atoms. The molecule has 0 unspecified atom stereocenters. The van der Waals surface area contributed by atoms with Gasteiger partial charge in [0.1, 0.15) is 0 Å². The fourth-order valence-corrected chi connectivity index (χ4v) is 2.25. The first-order chi connectivity index (χ1) is 6.79. The van der Waals surface area contributed by atoms with Crippen LogP contribution in [0.3, 0.4) is 0 Å². The number of aromatic carboxylic acids is 1. The van der Waals surface area contributed by atoms with E-state index in [1.807, 2.05) is 13.0 Å². The second kappa shape index (κ2) is 4.23. The molecule has 3 nitrogen and oxygen atoms in total. The number of rotatable bonds is 2. The summed E-state index contributed by atoms with van der Waals surface area (Å²) >= 11 is 1.55. The average molecular weight is 225 g/mol. The number of nitrogens with zero attached hydrogens (tertiary/aromatic N) is 1. The van der Waals surface area contributed by atoms with Crippen molar-refractivity contribution >= 4 is 17.7 Å². The van der Waals surface area contributed by atoms with Crippen LogP contribution in [-0.4, -0.2) is 20.8 Å². The number of pyridine rings is 1. The molecular formula is C11H15NO2S. The van der Waals surface area contributed by atoms with Crippen molar-refractivity contribution in [3.8, 4) is 0 Å². The molecule has 0 saturated carbocycles. The summed E-state index contributed by atoms with van der Waals surface area (Å²) in [6.07, 6.45) is 1.42. The van der Waals surface area contributed by atoms with Gasteiger partial charge in [0.15, 0.2) is 0 Å². The van der Waals surface area contributed by atoms with Crippen LogP contribution in [0.25, 0.3) is 0 Å². The van der Waals surface area contributed by atoms with Crippen LogP contribution < -0.4 is 0 Å². The maximum Gasteiger partial charge on any atom is 0.338 e. The van der Waals surface area contributed by atoms with Gasteiger partial charge < -0.3 is 5.11 Å². The predicted molar refractivity (Wildman–Crippen MR) is 61.5 cm³/mol. The van der Waals surface area contributed by atoms with Gasteiger partial charge in [-0.15, -0.1) is 11.8 Å². The molecule has 0 saturated heterocycles. The van der Waals surface area contributed by atoms with E-state index in [2.05, 4.69) is 25.8 Å². The molecular weight excluding hydrogens is 210 g/mol. The second-order valence-corrected chi connectivity index (χ2v) is 6.21. The van der Waals surface area contributed by atoms with Crippen molar-refractivity contribution in [2.24, 2.45) is 0 Å². The number of carboxylic acids is 1. The highest BCUT2D eigenvalue weighted by Crippen LogP contribution is 2.34. The van der Waals surface area contributed by atoms with Gasteiger partial charge in [0.2, 0.25) is 0 Å². The topological polar surface area (TPSA) is 50.2 Å². The summed E-state index contributed by atoms with van der Waals surface area (Å²) < 4.78 is -0.00199. The van der Waals surface area contributed by atoms with E-state index in [1.54, 1.807) is 11.8 Å². The minimum atomic E-state index is -0.922. The minimum Gasteiger partial charge on any atom is -0.478 e. The van der Waals surface area contributed by atoms with E-state index in [4.69, 9.17) is 5.11 Å². The molecule has 0 aliphatic rings. The molecule has 15 heavy (non-hydrogen) atoms. The highest BCUT2D eigenvalue weighted by molar-refractivity contribution is 8.00. The van der Waals surface area contributed by atoms with Crippen LogP contribution in [0.15, 0.2) is 17.2 Å². The van der Waals surface area contributed by atoms with Crippen molar-refractivity contribution in [1.82, 2.24) is 4.98 Å². The van der Waals surface area contributed by atoms with Crippen molar-refractivity contribution < 1.29 is 9.90 Å². The number of carbonyl (C=O) groups is 1. The van der Waals surface area contributed by atoms with Crippen molar-refractivity contribution in [3.05, 3.63) is 23.5 Å². The van der Waals surface area contributed by atoms with Crippen molar-refractivity contribution in [2.45, 2.75) is 37.3 Å². The monoisotopic (exact) mass is 225 g/mol. The average Bonchev–Trinajstić information content (AvgIpc) is 1.99. The van der Waals surface area contributed by atoms with Crippen LogP contribution in [-0.2, 0) is 0 Å². The SMILES string of the molecule is Cc1cc(SC(C)(C)C)c(C(=O)O)cn1. The molecule has 0 fully saturated rings. The number of aryl methyl sites for hydroxylation is 1. The standard InChI is InChI=1S/C11H15NO2S/c1-7-5-9(15-11(2,3)4)8(6-12-7)10(13)14/h5-6H,1-4H3,(H,13,14). The molecule has 1 aromatic heterocycles. The molecule has 0 atom stereocenters. The van der Waals surface area contributed by atoms with Gasteiger partial charge in [-0.3, -0.25) is 4.98 Å². The Labute approximate surface area is 93.9 Å². The number of carboxylic acid groups (broad SMARTS) is 1. The van der Waals surface area contributed by atoms with Crippen LogP contribution in [0, 0.1) is 6.92 Å². The lowest BCUT2D eigenvalue weighted by Crippen LogP contribution is -2.10. The van der Waals surface area contributed by atoms with E-state index in [0.717, 1.165) is 10.6 Å². The van der Waals surface area contributed by atoms with Crippen LogP contribution in [0.4, 0.5) is 0 Å². The third-order valence-electron chi connectivity index (χ3n) is 1.65. The van der Waals surface area contributed by atoms with E-state index in [9.17, 15) is 4.79 Å². The molecule has 82 valence electrons. The van der Waals surface area contributed by atoms with Gasteiger partial charge in [-0.1, -0.05) is 20.8 Å². The number of hydrogen-bond acceptors (Lipinski definition) is 3. The quantitative estimate of drug-likeness (QED) is 0.786. The van der Waals surface area contributed by atoms with E-state index < -0.39 is 5.97 Å². The van der Waals surface area contributed by atoms with Crippen LogP contribution in [0.2, 0.25) is 0 Å². The Kier molecular flexibility index (Phi) is 3.39. The molecule has 0 aliphatic carbocycles. The maximum atomic E-state index is 11.0. The highest BCUT2D eigenvalue weighted by Gasteiger charge is 2.18. The molecule has 0 radical (unpaired) electrons. The fourth-order valence-electron chi connectivity index (χ4n) is 1.11. The second-order valence-electron chi connectivity index (χ2n) is 4.34. The van der Waals surface area contributed by atoms with Gasteiger partial charge in [0, 0.05) is 21.5 Å². The molecule has 0 aliphatic heterocycles. The molecule has 0 aromatic carbocycles. The maximum absolute atomic E-state index is 11.0. The first-order valence-electron chi connectivity index (χ1n) is 4.68. The van der Waals surface area contributed by atoms with Gasteiger partial charge in [0.05, 0.1) is 5.56 Å². The van der Waals surface area contributed by atoms with Gasteiger partial charge in [-0.2, -0.15) is 0 Å². The Morgan fingerprint density at radius 2 is 2.07 bits per heavy atom. The first-order valence-corrected chi connectivity index (χ1v) is 5.50. The van der Waals surface area contributed by atoms with Gasteiger partial charge >= 0.3 is 5.97 Å². The smallest absolute Gasteiger partial charge is 0.338 e. The summed E-state index contributed by atoms with van der Waals surface area (Å²) in [5.74, 6) is -0.922. The van der Waals surface area contributed by atoms with Crippen LogP contribution in [0.5, 0.6) is 0 Å². The zero-order chi connectivity index (χ0) is 11.6. The third kappa shape index (κ3) is 3.55. The zero-order valence-electron chi connectivity index (χ0n) is 9.37. The number of thioether (sulfide) groups is 1. The van der Waals surface area contributed by atoms with Crippen molar-refractivity contribution in [2.75, 3.05) is 0 Å². The lowest BCUT2D eigenvalue weighted by atomic mass is 10.2. The molecule has 1 N–H and O–H groups in total. The summed E-state index contributed by atoms with van der Waals surface area (Å²) in [6, 6.07) is 1.82. The Hall–Kier alpha value is -1.03.